The topological polar surface area (TPSA) is 63.2 Å². The molecule has 2 heterocycles. The van der Waals surface area contributed by atoms with Crippen LogP contribution in [-0.2, 0) is 9.84 Å². The van der Waals surface area contributed by atoms with E-state index in [1.54, 1.807) is 0 Å². The fourth-order valence-corrected chi connectivity index (χ4v) is 3.89. The van der Waals surface area contributed by atoms with E-state index < -0.39 is 9.84 Å². The van der Waals surface area contributed by atoms with Gasteiger partial charge in [-0.1, -0.05) is 11.6 Å². The molecule has 0 aliphatic carbocycles. The van der Waals surface area contributed by atoms with Crippen LogP contribution in [0.2, 0.25) is 5.15 Å². The summed E-state index contributed by atoms with van der Waals surface area (Å²) in [6, 6.07) is -0.0858. The van der Waals surface area contributed by atoms with Gasteiger partial charge in [0.05, 0.1) is 11.5 Å². The molecule has 100 valence electrons. The van der Waals surface area contributed by atoms with Crippen molar-refractivity contribution >= 4 is 27.3 Å². The van der Waals surface area contributed by atoms with E-state index in [9.17, 15) is 8.42 Å². The van der Waals surface area contributed by atoms with Crippen LogP contribution >= 0.6 is 11.6 Å². The summed E-state index contributed by atoms with van der Waals surface area (Å²) in [7, 11) is -2.92. The van der Waals surface area contributed by atoms with E-state index in [0.717, 1.165) is 16.9 Å². The Morgan fingerprint density at radius 1 is 1.28 bits per heavy atom. The largest absolute Gasteiger partial charge is 0.350 e. The number of rotatable bonds is 1. The Bertz CT molecular complexity index is 574. The highest BCUT2D eigenvalue weighted by molar-refractivity contribution is 7.91. The SMILES string of the molecule is Cc1c(Cl)nnc(N2CCS(=O)(=O)CC2C)c1C. The van der Waals surface area contributed by atoms with Gasteiger partial charge < -0.3 is 4.90 Å². The number of nitrogens with zero attached hydrogens (tertiary/aromatic N) is 3. The van der Waals surface area contributed by atoms with Gasteiger partial charge in [0.2, 0.25) is 0 Å². The minimum Gasteiger partial charge on any atom is -0.350 e. The molecule has 5 nitrogen and oxygen atoms in total. The first-order valence-electron chi connectivity index (χ1n) is 5.78. The molecule has 1 saturated heterocycles. The van der Waals surface area contributed by atoms with Crippen molar-refractivity contribution in [2.24, 2.45) is 0 Å². The molecular weight excluding hydrogens is 274 g/mol. The third-order valence-electron chi connectivity index (χ3n) is 3.38. The van der Waals surface area contributed by atoms with Crippen molar-refractivity contribution in [1.82, 2.24) is 10.2 Å². The summed E-state index contributed by atoms with van der Waals surface area (Å²) in [4.78, 5) is 1.99. The maximum absolute atomic E-state index is 11.6. The first-order valence-corrected chi connectivity index (χ1v) is 7.98. The Morgan fingerprint density at radius 2 is 1.94 bits per heavy atom. The Labute approximate surface area is 112 Å². The number of sulfone groups is 1. The Balaban J connectivity index is 2.36. The van der Waals surface area contributed by atoms with Gasteiger partial charge in [-0.25, -0.2) is 8.42 Å². The number of hydrogen-bond donors (Lipinski definition) is 0. The van der Waals surface area contributed by atoms with E-state index in [0.29, 0.717) is 11.7 Å². The van der Waals surface area contributed by atoms with Crippen LogP contribution in [0, 0.1) is 13.8 Å². The van der Waals surface area contributed by atoms with Gasteiger partial charge in [-0.2, -0.15) is 0 Å². The molecule has 0 amide bonds. The van der Waals surface area contributed by atoms with Gasteiger partial charge >= 0.3 is 0 Å². The average molecular weight is 290 g/mol. The van der Waals surface area contributed by atoms with Crippen molar-refractivity contribution in [3.63, 3.8) is 0 Å². The summed E-state index contributed by atoms with van der Waals surface area (Å²) in [6.45, 7) is 6.17. The molecule has 2 rings (SSSR count). The Morgan fingerprint density at radius 3 is 2.56 bits per heavy atom. The highest BCUT2D eigenvalue weighted by Crippen LogP contribution is 2.26. The van der Waals surface area contributed by atoms with E-state index in [4.69, 9.17) is 11.6 Å². The molecule has 0 bridgehead atoms. The fourth-order valence-electron chi connectivity index (χ4n) is 2.15. The van der Waals surface area contributed by atoms with Crippen molar-refractivity contribution in [2.75, 3.05) is 23.0 Å². The second-order valence-electron chi connectivity index (χ2n) is 4.72. The molecule has 0 aromatic carbocycles. The van der Waals surface area contributed by atoms with Gasteiger partial charge in [-0.15, -0.1) is 10.2 Å². The summed E-state index contributed by atoms with van der Waals surface area (Å²) >= 11 is 5.92. The normalized spacial score (nSPS) is 23.1. The first-order chi connectivity index (χ1) is 8.32. The van der Waals surface area contributed by atoms with Crippen molar-refractivity contribution in [2.45, 2.75) is 26.8 Å². The molecule has 1 aliphatic rings. The van der Waals surface area contributed by atoms with Crippen LogP contribution in [0.15, 0.2) is 0 Å². The number of anilines is 1. The third kappa shape index (κ3) is 2.44. The Hall–Kier alpha value is -0.880. The van der Waals surface area contributed by atoms with Crippen molar-refractivity contribution in [3.8, 4) is 0 Å². The smallest absolute Gasteiger partial charge is 0.155 e. The summed E-state index contributed by atoms with van der Waals surface area (Å²) in [6.07, 6.45) is 0. The summed E-state index contributed by atoms with van der Waals surface area (Å²) in [5.74, 6) is 1.06. The molecular formula is C11H16ClN3O2S. The standard InChI is InChI=1S/C11H16ClN3O2S/c1-7-6-18(16,17)5-4-15(7)11-9(3)8(2)10(12)13-14-11/h7H,4-6H2,1-3H3. The molecule has 0 spiro atoms. The zero-order chi connectivity index (χ0) is 13.5. The molecule has 1 aliphatic heterocycles. The lowest BCUT2D eigenvalue weighted by atomic mass is 10.1. The van der Waals surface area contributed by atoms with Crippen LogP contribution in [0.4, 0.5) is 5.82 Å². The third-order valence-corrected chi connectivity index (χ3v) is 5.54. The lowest BCUT2D eigenvalue weighted by molar-refractivity contribution is 0.565. The van der Waals surface area contributed by atoms with Gasteiger partial charge in [0.1, 0.15) is 0 Å². The van der Waals surface area contributed by atoms with Crippen molar-refractivity contribution in [1.29, 1.82) is 0 Å². The summed E-state index contributed by atoms with van der Waals surface area (Å²) in [5, 5.41) is 8.42. The number of halogens is 1. The summed E-state index contributed by atoms with van der Waals surface area (Å²) in [5.41, 5.74) is 1.85. The quantitative estimate of drug-likeness (QED) is 0.781. The zero-order valence-corrected chi connectivity index (χ0v) is 12.2. The second kappa shape index (κ2) is 4.66. The Kier molecular flexibility index (Phi) is 3.51. The molecule has 1 aromatic heterocycles. The van der Waals surface area contributed by atoms with E-state index in [2.05, 4.69) is 10.2 Å². The number of hydrogen-bond acceptors (Lipinski definition) is 5. The average Bonchev–Trinajstić information content (AvgIpc) is 2.27. The van der Waals surface area contributed by atoms with Crippen LogP contribution < -0.4 is 4.90 Å². The predicted octanol–water partition coefficient (Wildman–Crippen LogP) is 1.37. The lowest BCUT2D eigenvalue weighted by Gasteiger charge is -2.34. The minimum atomic E-state index is -2.92. The van der Waals surface area contributed by atoms with Crippen molar-refractivity contribution in [3.05, 3.63) is 16.3 Å². The molecule has 1 atom stereocenters. The maximum atomic E-state index is 11.6. The van der Waals surface area contributed by atoms with Gasteiger partial charge in [-0.05, 0) is 31.9 Å². The molecule has 7 heteroatoms. The molecule has 1 aromatic rings. The van der Waals surface area contributed by atoms with Crippen LogP contribution in [0.1, 0.15) is 18.1 Å². The number of aromatic nitrogens is 2. The highest BCUT2D eigenvalue weighted by atomic mass is 35.5. The van der Waals surface area contributed by atoms with E-state index >= 15 is 0 Å². The highest BCUT2D eigenvalue weighted by Gasteiger charge is 2.30. The van der Waals surface area contributed by atoms with E-state index in [1.807, 2.05) is 25.7 Å². The van der Waals surface area contributed by atoms with Crippen LogP contribution in [0.5, 0.6) is 0 Å². The molecule has 1 unspecified atom stereocenters. The summed E-state index contributed by atoms with van der Waals surface area (Å²) < 4.78 is 23.1. The monoisotopic (exact) mass is 289 g/mol. The molecule has 18 heavy (non-hydrogen) atoms. The maximum Gasteiger partial charge on any atom is 0.155 e. The van der Waals surface area contributed by atoms with Gasteiger partial charge in [0.15, 0.2) is 20.8 Å². The molecule has 0 radical (unpaired) electrons. The minimum absolute atomic E-state index is 0.0858. The van der Waals surface area contributed by atoms with Gasteiger partial charge in [0.25, 0.3) is 0 Å². The van der Waals surface area contributed by atoms with Gasteiger partial charge in [-0.3, -0.25) is 0 Å². The molecule has 0 saturated carbocycles. The van der Waals surface area contributed by atoms with Gasteiger partial charge in [0, 0.05) is 12.6 Å². The van der Waals surface area contributed by atoms with E-state index in [1.165, 1.54) is 0 Å². The van der Waals surface area contributed by atoms with Crippen LogP contribution in [0.25, 0.3) is 0 Å². The predicted molar refractivity (Wildman–Crippen MR) is 72.0 cm³/mol. The van der Waals surface area contributed by atoms with E-state index in [-0.39, 0.29) is 17.5 Å². The van der Waals surface area contributed by atoms with Crippen LogP contribution in [-0.4, -0.2) is 42.7 Å². The lowest BCUT2D eigenvalue weighted by Crippen LogP contribution is -2.47. The van der Waals surface area contributed by atoms with Crippen LogP contribution in [0.3, 0.4) is 0 Å². The zero-order valence-electron chi connectivity index (χ0n) is 10.6. The molecule has 1 fully saturated rings. The fraction of sp³-hybridized carbons (Fsp3) is 0.636. The first kappa shape index (κ1) is 13.5. The second-order valence-corrected chi connectivity index (χ2v) is 7.31. The van der Waals surface area contributed by atoms with Crippen molar-refractivity contribution < 1.29 is 8.42 Å². The molecule has 0 N–H and O–H groups in total.